The first-order valence-corrected chi connectivity index (χ1v) is 5.88. The third-order valence-electron chi connectivity index (χ3n) is 1.31. The summed E-state index contributed by atoms with van der Waals surface area (Å²) in [6.07, 6.45) is -0.701. The number of nitrogens with two attached hydrogens (primary N) is 1. The van der Waals surface area contributed by atoms with Gasteiger partial charge in [0.15, 0.2) is 0 Å². The van der Waals surface area contributed by atoms with Gasteiger partial charge in [-0.3, -0.25) is 0 Å². The predicted molar refractivity (Wildman–Crippen MR) is 57.2 cm³/mol. The Balaban J connectivity index is -0.000000262. The van der Waals surface area contributed by atoms with E-state index in [1.165, 1.54) is 0 Å². The Morgan fingerprint density at radius 3 is 1.68 bits per heavy atom. The van der Waals surface area contributed by atoms with Gasteiger partial charge in [-0.05, 0) is 0 Å². The molecule has 0 aliphatic heterocycles. The van der Waals surface area contributed by atoms with E-state index < -0.39 is 13.9 Å². The zero-order valence-corrected chi connectivity index (χ0v) is 12.2. The maximum absolute atomic E-state index is 10.1. The summed E-state index contributed by atoms with van der Waals surface area (Å²) < 4.78 is 23.8. The van der Waals surface area contributed by atoms with Crippen molar-refractivity contribution in [1.82, 2.24) is 0 Å². The van der Waals surface area contributed by atoms with E-state index in [9.17, 15) is 9.36 Å². The minimum absolute atomic E-state index is 0. The van der Waals surface area contributed by atoms with Gasteiger partial charge in [0.1, 0.15) is 13.2 Å². The number of carbonyl (C=O) groups is 1. The number of rotatable bonds is 6. The summed E-state index contributed by atoms with van der Waals surface area (Å²) >= 11 is 0. The molecular formula is C6H18ClN2O9P. The van der Waals surface area contributed by atoms with E-state index in [0.717, 1.165) is 11.0 Å². The van der Waals surface area contributed by atoms with Crippen LogP contribution in [0.15, 0.2) is 0 Å². The fourth-order valence-electron chi connectivity index (χ4n) is 0.465. The fourth-order valence-corrected chi connectivity index (χ4v) is 0.554. The van der Waals surface area contributed by atoms with Crippen LogP contribution < -0.4 is 18.1 Å². The second-order valence-corrected chi connectivity index (χ2v) is 5.26. The normalized spacial score (nSPS) is 10.8. The van der Waals surface area contributed by atoms with Crippen molar-refractivity contribution in [3.8, 4) is 0 Å². The minimum atomic E-state index is -4.50. The SMILES string of the molecule is C[N+](C)(C)CCOC(N)=O.O=P(OO)(OO)OO.[Cl-]. The van der Waals surface area contributed by atoms with E-state index in [4.69, 9.17) is 21.5 Å². The van der Waals surface area contributed by atoms with Crippen molar-refractivity contribution in [2.45, 2.75) is 0 Å². The lowest BCUT2D eigenvalue weighted by Gasteiger charge is -2.22. The van der Waals surface area contributed by atoms with E-state index in [1.807, 2.05) is 21.1 Å². The number of nitrogens with zero attached hydrogens (tertiary/aromatic N) is 1. The molecule has 0 spiro atoms. The number of hydrogen-bond acceptors (Lipinski definition) is 9. The molecule has 19 heavy (non-hydrogen) atoms. The number of likely N-dealkylation sites (N-methyl/N-ethyl adjacent to an activating group) is 1. The van der Waals surface area contributed by atoms with Gasteiger partial charge in [0, 0.05) is 0 Å². The van der Waals surface area contributed by atoms with E-state index >= 15 is 0 Å². The maximum Gasteiger partial charge on any atom is 0.556 e. The van der Waals surface area contributed by atoms with Crippen LogP contribution in [-0.2, 0) is 23.3 Å². The second kappa shape index (κ2) is 11.3. The Kier molecular flexibility index (Phi) is 14.1. The van der Waals surface area contributed by atoms with Gasteiger partial charge >= 0.3 is 13.9 Å². The summed E-state index contributed by atoms with van der Waals surface area (Å²) in [5.41, 5.74) is 4.75. The molecule has 118 valence electrons. The molecule has 0 unspecified atom stereocenters. The van der Waals surface area contributed by atoms with Crippen LogP contribution in [0.25, 0.3) is 0 Å². The molecule has 0 rings (SSSR count). The lowest BCUT2D eigenvalue weighted by atomic mass is 10.5. The largest absolute Gasteiger partial charge is 1.00 e. The highest BCUT2D eigenvalue weighted by molar-refractivity contribution is 7.47. The minimum Gasteiger partial charge on any atom is -1.00 e. The molecule has 1 amide bonds. The molecule has 0 saturated heterocycles. The Labute approximate surface area is 115 Å². The van der Waals surface area contributed by atoms with Gasteiger partial charge in [-0.2, -0.15) is 0 Å². The Bertz CT molecular complexity index is 265. The number of quaternary nitrogens is 1. The Morgan fingerprint density at radius 2 is 1.53 bits per heavy atom. The first-order valence-electron chi connectivity index (χ1n) is 4.42. The second-order valence-electron chi connectivity index (χ2n) is 3.87. The van der Waals surface area contributed by atoms with Gasteiger partial charge in [-0.15, -0.1) is 14.0 Å². The molecule has 0 radical (unpaired) electrons. The highest BCUT2D eigenvalue weighted by Crippen LogP contribution is 2.45. The summed E-state index contributed by atoms with van der Waals surface area (Å²) in [6.45, 7) is 1.17. The predicted octanol–water partition coefficient (Wildman–Crippen LogP) is -2.64. The molecule has 0 aliphatic rings. The van der Waals surface area contributed by atoms with Gasteiger partial charge in [0.05, 0.1) is 21.1 Å². The summed E-state index contributed by atoms with van der Waals surface area (Å²) in [7, 11) is 1.56. The summed E-state index contributed by atoms with van der Waals surface area (Å²) in [6, 6.07) is 0. The lowest BCUT2D eigenvalue weighted by molar-refractivity contribution is -0.870. The van der Waals surface area contributed by atoms with Crippen LogP contribution in [0.1, 0.15) is 0 Å². The van der Waals surface area contributed by atoms with Crippen molar-refractivity contribution in [1.29, 1.82) is 0 Å². The summed E-state index contributed by atoms with van der Waals surface area (Å²) in [5.74, 6) is 0. The van der Waals surface area contributed by atoms with Gasteiger partial charge in [0.2, 0.25) is 0 Å². The van der Waals surface area contributed by atoms with E-state index in [1.54, 1.807) is 0 Å². The maximum atomic E-state index is 10.1. The molecule has 5 N–H and O–H groups in total. The zero-order valence-electron chi connectivity index (χ0n) is 10.6. The summed E-state index contributed by atoms with van der Waals surface area (Å²) in [5, 5.41) is 22.4. The van der Waals surface area contributed by atoms with Gasteiger partial charge in [0.25, 0.3) is 0 Å². The van der Waals surface area contributed by atoms with Crippen LogP contribution in [0.5, 0.6) is 0 Å². The molecule has 0 fully saturated rings. The molecule has 0 bridgehead atoms. The number of amides is 1. The standard InChI is InChI=1S/C6H14N2O2.ClH.H3O7P/c1-8(2,3)4-5-10-6(7)9;;1-5-8(4,6-2)7-3/h4-5H2,1-3H3,(H-,7,9);1H;1-3H. The smallest absolute Gasteiger partial charge is 0.556 e. The van der Waals surface area contributed by atoms with Crippen LogP contribution in [0, 0.1) is 0 Å². The molecule has 0 aromatic carbocycles. The first-order chi connectivity index (χ1) is 8.10. The van der Waals surface area contributed by atoms with Gasteiger partial charge < -0.3 is 27.4 Å². The van der Waals surface area contributed by atoms with E-state index in [2.05, 4.69) is 18.8 Å². The van der Waals surface area contributed by atoms with E-state index in [-0.39, 0.29) is 12.4 Å². The molecule has 11 nitrogen and oxygen atoms in total. The van der Waals surface area contributed by atoms with E-state index in [0.29, 0.717) is 6.61 Å². The fraction of sp³-hybridized carbons (Fsp3) is 0.833. The van der Waals surface area contributed by atoms with Crippen LogP contribution >= 0.6 is 7.82 Å². The van der Waals surface area contributed by atoms with Crippen molar-refractivity contribution >= 4 is 13.9 Å². The molecule has 0 atom stereocenters. The average Bonchev–Trinajstić information content (AvgIpc) is 2.26. The number of hydrogen-bond donors (Lipinski definition) is 4. The zero-order chi connectivity index (χ0) is 14.8. The number of carbonyl (C=O) groups excluding carboxylic acids is 1. The van der Waals surface area contributed by atoms with Crippen molar-refractivity contribution in [2.75, 3.05) is 34.3 Å². The van der Waals surface area contributed by atoms with Crippen molar-refractivity contribution in [3.63, 3.8) is 0 Å². The Morgan fingerprint density at radius 1 is 1.16 bits per heavy atom. The highest BCUT2D eigenvalue weighted by Gasteiger charge is 2.27. The van der Waals surface area contributed by atoms with Gasteiger partial charge in [-0.25, -0.2) is 25.1 Å². The first kappa shape index (κ1) is 23.6. The quantitative estimate of drug-likeness (QED) is 0.177. The lowest BCUT2D eigenvalue weighted by Crippen LogP contribution is -3.00. The molecular weight excluding hydrogens is 310 g/mol. The number of ether oxygens (including phenoxy) is 1. The topological polar surface area (TPSA) is 158 Å². The van der Waals surface area contributed by atoms with Crippen molar-refractivity contribution in [2.24, 2.45) is 5.73 Å². The van der Waals surface area contributed by atoms with Crippen molar-refractivity contribution in [3.05, 3.63) is 0 Å². The third kappa shape index (κ3) is 17.5. The van der Waals surface area contributed by atoms with Crippen molar-refractivity contribution < 1.29 is 60.8 Å². The highest BCUT2D eigenvalue weighted by atomic mass is 35.5. The third-order valence-corrected chi connectivity index (χ3v) is 1.91. The number of halogens is 1. The summed E-state index contributed by atoms with van der Waals surface area (Å²) in [4.78, 5) is 10.1. The van der Waals surface area contributed by atoms with Crippen LogP contribution in [0.3, 0.4) is 0 Å². The Hall–Kier alpha value is -0.490. The number of phosphoric acid groups is 1. The molecule has 0 aromatic heterocycles. The average molecular weight is 329 g/mol. The van der Waals surface area contributed by atoms with Gasteiger partial charge in [-0.1, -0.05) is 0 Å². The monoisotopic (exact) mass is 328 g/mol. The van der Waals surface area contributed by atoms with Crippen LogP contribution in [-0.4, -0.2) is 60.6 Å². The van der Waals surface area contributed by atoms with Crippen LogP contribution in [0.4, 0.5) is 4.79 Å². The molecule has 0 saturated carbocycles. The molecule has 0 heterocycles. The molecule has 0 aromatic rings. The van der Waals surface area contributed by atoms with Crippen LogP contribution in [0.2, 0.25) is 0 Å². The molecule has 0 aliphatic carbocycles. The molecule has 13 heteroatoms. The number of primary amides is 1.